The molecule has 58 valence electrons. The van der Waals surface area contributed by atoms with E-state index in [-0.39, 0.29) is 6.08 Å². The molecule has 2 N–H and O–H groups in total. The van der Waals surface area contributed by atoms with E-state index in [0.717, 1.165) is 0 Å². The fraction of sp³-hybridized carbons (Fsp3) is 0.250. The van der Waals surface area contributed by atoms with Crippen molar-refractivity contribution in [2.45, 2.75) is 6.18 Å². The zero-order chi connectivity index (χ0) is 8.20. The van der Waals surface area contributed by atoms with Gasteiger partial charge in [0, 0.05) is 6.21 Å². The fourth-order valence-electron chi connectivity index (χ4n) is 0.203. The van der Waals surface area contributed by atoms with Crippen molar-refractivity contribution in [3.8, 4) is 0 Å². The van der Waals surface area contributed by atoms with Gasteiger partial charge in [0.25, 0.3) is 0 Å². The molecule has 0 saturated carbocycles. The summed E-state index contributed by atoms with van der Waals surface area (Å²) in [6.07, 6.45) is -4.29. The first-order valence-electron chi connectivity index (χ1n) is 2.14. The van der Waals surface area contributed by atoms with Crippen molar-refractivity contribution in [3.05, 3.63) is 11.9 Å². The predicted octanol–water partition coefficient (Wildman–Crippen LogP) is 1.35. The predicted molar refractivity (Wildman–Crippen MR) is 27.9 cm³/mol. The number of allylic oxidation sites excluding steroid dienone is 2. The van der Waals surface area contributed by atoms with Crippen molar-refractivity contribution in [3.63, 3.8) is 0 Å². The molecule has 0 aromatic carbocycles. The van der Waals surface area contributed by atoms with Crippen molar-refractivity contribution < 1.29 is 17.6 Å². The Morgan fingerprint density at radius 3 is 2.20 bits per heavy atom. The molecule has 0 radical (unpaired) electrons. The molecular formula is C4H4F4N2. The molecule has 0 aliphatic heterocycles. The van der Waals surface area contributed by atoms with Gasteiger partial charge in [0.05, 0.1) is 0 Å². The van der Waals surface area contributed by atoms with Gasteiger partial charge in [0.2, 0.25) is 5.83 Å². The van der Waals surface area contributed by atoms with Gasteiger partial charge in [-0.05, 0) is 6.08 Å². The number of hydrogen-bond acceptors (Lipinski definition) is 2. The highest BCUT2D eigenvalue weighted by atomic mass is 19.4. The molecule has 10 heavy (non-hydrogen) atoms. The molecule has 0 atom stereocenters. The minimum absolute atomic E-state index is 0.139. The zero-order valence-electron chi connectivity index (χ0n) is 4.69. The average Bonchev–Trinajstić information content (AvgIpc) is 1.80. The highest BCUT2D eigenvalue weighted by molar-refractivity contribution is 5.71. The van der Waals surface area contributed by atoms with E-state index in [4.69, 9.17) is 0 Å². The third-order valence-electron chi connectivity index (χ3n) is 0.578. The van der Waals surface area contributed by atoms with Crippen LogP contribution >= 0.6 is 0 Å². The van der Waals surface area contributed by atoms with Crippen LogP contribution in [0.2, 0.25) is 0 Å². The highest BCUT2D eigenvalue weighted by Crippen LogP contribution is 2.25. The molecule has 0 heterocycles. The van der Waals surface area contributed by atoms with E-state index in [1.54, 1.807) is 0 Å². The van der Waals surface area contributed by atoms with Gasteiger partial charge in [-0.15, -0.1) is 0 Å². The Bertz CT molecular complexity index is 157. The number of rotatable bonds is 1. The summed E-state index contributed by atoms with van der Waals surface area (Å²) in [6.45, 7) is 0. The van der Waals surface area contributed by atoms with Crippen LogP contribution in [0.3, 0.4) is 0 Å². The van der Waals surface area contributed by atoms with E-state index < -0.39 is 12.0 Å². The molecule has 0 amide bonds. The van der Waals surface area contributed by atoms with Crippen molar-refractivity contribution in [2.24, 2.45) is 10.9 Å². The number of hydrogen-bond donors (Lipinski definition) is 1. The fourth-order valence-corrected chi connectivity index (χ4v) is 0.203. The minimum atomic E-state index is -4.94. The lowest BCUT2D eigenvalue weighted by Crippen LogP contribution is -2.07. The second-order valence-corrected chi connectivity index (χ2v) is 1.31. The summed E-state index contributed by atoms with van der Waals surface area (Å²) >= 11 is 0. The third-order valence-corrected chi connectivity index (χ3v) is 0.578. The lowest BCUT2D eigenvalue weighted by atomic mass is 10.5. The maximum atomic E-state index is 11.7. The molecule has 0 saturated heterocycles. The van der Waals surface area contributed by atoms with Gasteiger partial charge in [0.1, 0.15) is 0 Å². The Labute approximate surface area is 54.0 Å². The molecule has 6 heteroatoms. The van der Waals surface area contributed by atoms with Crippen molar-refractivity contribution in [1.29, 1.82) is 0 Å². The van der Waals surface area contributed by atoms with Crippen LogP contribution in [0, 0.1) is 0 Å². The van der Waals surface area contributed by atoms with Crippen LogP contribution in [0.1, 0.15) is 0 Å². The number of hydrazone groups is 1. The van der Waals surface area contributed by atoms with Crippen molar-refractivity contribution >= 4 is 6.21 Å². The summed E-state index contributed by atoms with van der Waals surface area (Å²) in [6, 6.07) is 0. The second kappa shape index (κ2) is 3.19. The monoisotopic (exact) mass is 156 g/mol. The van der Waals surface area contributed by atoms with E-state index in [2.05, 4.69) is 10.9 Å². The van der Waals surface area contributed by atoms with E-state index in [0.29, 0.717) is 6.21 Å². The third kappa shape index (κ3) is 3.06. The lowest BCUT2D eigenvalue weighted by Gasteiger charge is -1.99. The number of alkyl halides is 3. The molecule has 0 fully saturated rings. The lowest BCUT2D eigenvalue weighted by molar-refractivity contribution is -0.108. The van der Waals surface area contributed by atoms with Gasteiger partial charge >= 0.3 is 6.18 Å². The Morgan fingerprint density at radius 1 is 1.40 bits per heavy atom. The van der Waals surface area contributed by atoms with Crippen LogP contribution in [-0.4, -0.2) is 12.4 Å². The summed E-state index contributed by atoms with van der Waals surface area (Å²) in [5, 5.41) is 2.65. The van der Waals surface area contributed by atoms with Gasteiger partial charge in [0.15, 0.2) is 0 Å². The van der Waals surface area contributed by atoms with Gasteiger partial charge in [-0.1, -0.05) is 0 Å². The molecule has 0 aromatic rings. The van der Waals surface area contributed by atoms with E-state index >= 15 is 0 Å². The van der Waals surface area contributed by atoms with Gasteiger partial charge in [-0.25, -0.2) is 4.39 Å². The maximum absolute atomic E-state index is 11.7. The van der Waals surface area contributed by atoms with Crippen molar-refractivity contribution in [2.75, 3.05) is 0 Å². The number of nitrogens with zero attached hydrogens (tertiary/aromatic N) is 1. The molecule has 0 aliphatic rings. The van der Waals surface area contributed by atoms with Crippen LogP contribution in [-0.2, 0) is 0 Å². The van der Waals surface area contributed by atoms with Crippen molar-refractivity contribution in [1.82, 2.24) is 0 Å². The summed E-state index contributed by atoms with van der Waals surface area (Å²) in [7, 11) is 0. The summed E-state index contributed by atoms with van der Waals surface area (Å²) in [5.41, 5.74) is 0. The first-order chi connectivity index (χ1) is 4.48. The Morgan fingerprint density at radius 2 is 1.90 bits per heavy atom. The largest absolute Gasteiger partial charge is 0.442 e. The zero-order valence-corrected chi connectivity index (χ0v) is 4.69. The Balaban J connectivity index is 4.20. The van der Waals surface area contributed by atoms with Crippen LogP contribution in [0.25, 0.3) is 0 Å². The molecule has 0 bridgehead atoms. The number of halogens is 4. The van der Waals surface area contributed by atoms with Gasteiger partial charge in [-0.2, -0.15) is 18.3 Å². The smallest absolute Gasteiger partial charge is 0.323 e. The normalized spacial score (nSPS) is 14.6. The molecule has 0 rings (SSSR count). The van der Waals surface area contributed by atoms with Gasteiger partial charge < -0.3 is 5.84 Å². The highest BCUT2D eigenvalue weighted by Gasteiger charge is 2.33. The van der Waals surface area contributed by atoms with Crippen LogP contribution in [0.15, 0.2) is 17.0 Å². The van der Waals surface area contributed by atoms with E-state index in [9.17, 15) is 17.6 Å². The van der Waals surface area contributed by atoms with E-state index in [1.165, 1.54) is 0 Å². The topological polar surface area (TPSA) is 38.4 Å². The molecule has 0 spiro atoms. The maximum Gasteiger partial charge on any atom is 0.442 e. The van der Waals surface area contributed by atoms with E-state index in [1.807, 2.05) is 0 Å². The van der Waals surface area contributed by atoms with Crippen LogP contribution < -0.4 is 5.84 Å². The SMILES string of the molecule is N/N=C/C=C(\F)C(F)(F)F. The van der Waals surface area contributed by atoms with Gasteiger partial charge in [-0.3, -0.25) is 0 Å². The molecular weight excluding hydrogens is 152 g/mol. The summed E-state index contributed by atoms with van der Waals surface area (Å²) in [5.74, 6) is 2.19. The molecule has 0 aliphatic carbocycles. The van der Waals surface area contributed by atoms with Crippen LogP contribution in [0.5, 0.6) is 0 Å². The molecule has 0 aromatic heterocycles. The molecule has 2 nitrogen and oxygen atoms in total. The molecule has 0 unspecified atom stereocenters. The Kier molecular flexibility index (Phi) is 2.85. The van der Waals surface area contributed by atoms with Crippen LogP contribution in [0.4, 0.5) is 17.6 Å². The Hall–Kier alpha value is -1.07. The average molecular weight is 156 g/mol. The number of nitrogens with two attached hydrogens (primary N) is 1. The first kappa shape index (κ1) is 8.93. The second-order valence-electron chi connectivity index (χ2n) is 1.31. The summed E-state index contributed by atoms with van der Waals surface area (Å²) < 4.78 is 45.4. The standard InChI is InChI=1S/C4H4F4N2/c5-3(1-2-10-9)4(6,7)8/h1-2H,9H2/b3-1-,10-2+. The summed E-state index contributed by atoms with van der Waals surface area (Å²) in [4.78, 5) is 0. The first-order valence-corrected chi connectivity index (χ1v) is 2.14. The quantitative estimate of drug-likeness (QED) is 0.264. The minimum Gasteiger partial charge on any atom is -0.323 e.